The van der Waals surface area contributed by atoms with Gasteiger partial charge in [-0.25, -0.2) is 4.98 Å². The molecule has 1 aliphatic heterocycles. The number of rotatable bonds is 5. The summed E-state index contributed by atoms with van der Waals surface area (Å²) in [6.45, 7) is 5.80. The number of aromatic nitrogens is 3. The van der Waals surface area contributed by atoms with Crippen LogP contribution in [0.2, 0.25) is 5.02 Å². The van der Waals surface area contributed by atoms with Crippen molar-refractivity contribution in [3.05, 3.63) is 40.9 Å². The normalized spacial score (nSPS) is 14.7. The average molecular weight is 384 g/mol. The molecule has 0 atom stereocenters. The number of fused-ring (bicyclic) bond motifs is 1. The van der Waals surface area contributed by atoms with Crippen LogP contribution in [0.15, 0.2) is 30.3 Å². The van der Waals surface area contributed by atoms with Crippen molar-refractivity contribution >= 4 is 28.6 Å². The second-order valence-electron chi connectivity index (χ2n) is 6.89. The lowest BCUT2D eigenvalue weighted by molar-refractivity contribution is 0.239. The van der Waals surface area contributed by atoms with Crippen LogP contribution >= 0.6 is 11.6 Å². The molecule has 2 aromatic carbocycles. The minimum Gasteiger partial charge on any atom is -0.490 e. The molecule has 1 aliphatic rings. The molecule has 140 valence electrons. The van der Waals surface area contributed by atoms with E-state index in [9.17, 15) is 0 Å². The van der Waals surface area contributed by atoms with Gasteiger partial charge in [0, 0.05) is 17.1 Å². The van der Waals surface area contributed by atoms with Gasteiger partial charge in [0.2, 0.25) is 5.95 Å². The molecule has 0 amide bonds. The van der Waals surface area contributed by atoms with Crippen LogP contribution in [0, 0.1) is 6.92 Å². The summed E-state index contributed by atoms with van der Waals surface area (Å²) < 4.78 is 6.10. The Morgan fingerprint density at radius 1 is 1.15 bits per heavy atom. The van der Waals surface area contributed by atoms with E-state index in [4.69, 9.17) is 22.1 Å². The van der Waals surface area contributed by atoms with E-state index in [1.807, 2.05) is 31.2 Å². The number of hydrogen-bond donors (Lipinski definition) is 1. The number of halogens is 1. The zero-order valence-corrected chi connectivity index (χ0v) is 16.0. The van der Waals surface area contributed by atoms with Crippen molar-refractivity contribution in [1.82, 2.24) is 20.1 Å². The van der Waals surface area contributed by atoms with Crippen LogP contribution in [0.25, 0.3) is 22.2 Å². The Hall–Kier alpha value is -2.44. The lowest BCUT2D eigenvalue weighted by atomic mass is 10.0. The maximum Gasteiger partial charge on any atom is 0.240 e. The van der Waals surface area contributed by atoms with Gasteiger partial charge in [-0.05, 0) is 62.7 Å². The van der Waals surface area contributed by atoms with Crippen molar-refractivity contribution in [2.45, 2.75) is 19.8 Å². The van der Waals surface area contributed by atoms with Gasteiger partial charge in [-0.2, -0.15) is 0 Å². The minimum absolute atomic E-state index is 0.133. The molecular formula is C20H22ClN5O. The van der Waals surface area contributed by atoms with Crippen molar-refractivity contribution in [2.75, 3.05) is 32.0 Å². The first-order valence-electron chi connectivity index (χ1n) is 9.16. The summed E-state index contributed by atoms with van der Waals surface area (Å²) in [5, 5.41) is 8.76. The summed E-state index contributed by atoms with van der Waals surface area (Å²) in [6, 6.07) is 9.82. The number of benzene rings is 2. The zero-order chi connectivity index (χ0) is 18.8. The summed E-state index contributed by atoms with van der Waals surface area (Å²) in [5.74, 6) is 0.786. The molecule has 0 aliphatic carbocycles. The van der Waals surface area contributed by atoms with Crippen molar-refractivity contribution in [3.8, 4) is 16.9 Å². The summed E-state index contributed by atoms with van der Waals surface area (Å²) >= 11 is 6.43. The fraction of sp³-hybridized carbons (Fsp3) is 0.350. The Labute approximate surface area is 163 Å². The third-order valence-electron chi connectivity index (χ3n) is 4.84. The molecule has 2 heterocycles. The van der Waals surface area contributed by atoms with E-state index < -0.39 is 0 Å². The lowest BCUT2D eigenvalue weighted by Crippen LogP contribution is -2.25. The first-order valence-corrected chi connectivity index (χ1v) is 9.53. The molecule has 0 spiro atoms. The molecule has 3 aromatic rings. The standard InChI is InChI=1S/C20H22ClN5O/c1-13-4-5-16(21)15(10-13)14-11-17-19(23-20(22)25-24-17)18(12-14)27-9-8-26-6-2-3-7-26/h4-5,10-12H,2-3,6-9H2,1H3,(H2,22,23,25). The first-order chi connectivity index (χ1) is 13.1. The van der Waals surface area contributed by atoms with E-state index in [1.165, 1.54) is 12.8 Å². The summed E-state index contributed by atoms with van der Waals surface area (Å²) in [5.41, 5.74) is 9.99. The molecular weight excluding hydrogens is 362 g/mol. The molecule has 4 rings (SSSR count). The topological polar surface area (TPSA) is 77.2 Å². The van der Waals surface area contributed by atoms with Crippen LogP contribution in [0.1, 0.15) is 18.4 Å². The third kappa shape index (κ3) is 3.96. The maximum atomic E-state index is 6.43. The predicted octanol–water partition coefficient (Wildman–Crippen LogP) is 3.71. The van der Waals surface area contributed by atoms with Gasteiger partial charge >= 0.3 is 0 Å². The lowest BCUT2D eigenvalue weighted by Gasteiger charge is -2.16. The second-order valence-corrected chi connectivity index (χ2v) is 7.30. The van der Waals surface area contributed by atoms with Gasteiger partial charge in [-0.3, -0.25) is 4.90 Å². The minimum atomic E-state index is 0.133. The molecule has 7 heteroatoms. The molecule has 1 fully saturated rings. The Morgan fingerprint density at radius 2 is 1.96 bits per heavy atom. The largest absolute Gasteiger partial charge is 0.490 e. The summed E-state index contributed by atoms with van der Waals surface area (Å²) in [6.07, 6.45) is 2.52. The van der Waals surface area contributed by atoms with E-state index in [-0.39, 0.29) is 5.95 Å². The highest BCUT2D eigenvalue weighted by atomic mass is 35.5. The SMILES string of the molecule is Cc1ccc(Cl)c(-c2cc(OCCN3CCCC3)c3nc(N)nnc3c2)c1. The van der Waals surface area contributed by atoms with Crippen LogP contribution in [0.3, 0.4) is 0 Å². The highest BCUT2D eigenvalue weighted by Crippen LogP contribution is 2.34. The number of ether oxygens (including phenoxy) is 1. The molecule has 27 heavy (non-hydrogen) atoms. The van der Waals surface area contributed by atoms with E-state index in [0.29, 0.717) is 28.4 Å². The first kappa shape index (κ1) is 17.9. The van der Waals surface area contributed by atoms with Crippen LogP contribution in [0.5, 0.6) is 5.75 Å². The van der Waals surface area contributed by atoms with Gasteiger partial charge in [-0.1, -0.05) is 23.2 Å². The molecule has 0 radical (unpaired) electrons. The van der Waals surface area contributed by atoms with Gasteiger partial charge in [-0.15, -0.1) is 10.2 Å². The maximum absolute atomic E-state index is 6.43. The number of aryl methyl sites for hydroxylation is 1. The highest BCUT2D eigenvalue weighted by Gasteiger charge is 2.15. The van der Waals surface area contributed by atoms with Gasteiger partial charge in [0.25, 0.3) is 0 Å². The fourth-order valence-corrected chi connectivity index (χ4v) is 3.67. The van der Waals surface area contributed by atoms with Gasteiger partial charge in [0.15, 0.2) is 0 Å². The smallest absolute Gasteiger partial charge is 0.240 e. The molecule has 2 N–H and O–H groups in total. The summed E-state index contributed by atoms with van der Waals surface area (Å²) in [7, 11) is 0. The van der Waals surface area contributed by atoms with E-state index >= 15 is 0 Å². The summed E-state index contributed by atoms with van der Waals surface area (Å²) in [4.78, 5) is 6.74. The molecule has 0 unspecified atom stereocenters. The molecule has 0 bridgehead atoms. The highest BCUT2D eigenvalue weighted by molar-refractivity contribution is 6.33. The Balaban J connectivity index is 1.70. The number of likely N-dealkylation sites (tertiary alicyclic amines) is 1. The number of nitrogens with zero attached hydrogens (tertiary/aromatic N) is 4. The number of hydrogen-bond acceptors (Lipinski definition) is 6. The number of anilines is 1. The monoisotopic (exact) mass is 383 g/mol. The van der Waals surface area contributed by atoms with Gasteiger partial charge in [0.05, 0.1) is 0 Å². The molecule has 6 nitrogen and oxygen atoms in total. The van der Waals surface area contributed by atoms with Crippen LogP contribution in [0.4, 0.5) is 5.95 Å². The Kier molecular flexibility index (Phi) is 5.09. The zero-order valence-electron chi connectivity index (χ0n) is 15.3. The second kappa shape index (κ2) is 7.66. The van der Waals surface area contributed by atoms with E-state index in [1.54, 1.807) is 0 Å². The van der Waals surface area contributed by atoms with Crippen LogP contribution < -0.4 is 10.5 Å². The van der Waals surface area contributed by atoms with Crippen molar-refractivity contribution in [3.63, 3.8) is 0 Å². The molecule has 0 saturated carbocycles. The van der Waals surface area contributed by atoms with Crippen molar-refractivity contribution in [2.24, 2.45) is 0 Å². The molecule has 1 saturated heterocycles. The van der Waals surface area contributed by atoms with Gasteiger partial charge < -0.3 is 10.5 Å². The van der Waals surface area contributed by atoms with Gasteiger partial charge in [0.1, 0.15) is 23.4 Å². The number of nitrogen functional groups attached to an aromatic ring is 1. The fourth-order valence-electron chi connectivity index (χ4n) is 3.44. The number of nitrogens with two attached hydrogens (primary N) is 1. The van der Waals surface area contributed by atoms with E-state index in [0.717, 1.165) is 36.3 Å². The van der Waals surface area contributed by atoms with Crippen LogP contribution in [-0.4, -0.2) is 46.3 Å². The predicted molar refractivity (Wildman–Crippen MR) is 108 cm³/mol. The average Bonchev–Trinajstić information content (AvgIpc) is 3.17. The van der Waals surface area contributed by atoms with E-state index in [2.05, 4.69) is 26.1 Å². The Bertz CT molecular complexity index is 972. The van der Waals surface area contributed by atoms with Crippen LogP contribution in [-0.2, 0) is 0 Å². The molecule has 1 aromatic heterocycles. The quantitative estimate of drug-likeness (QED) is 0.723. The van der Waals surface area contributed by atoms with Crippen molar-refractivity contribution in [1.29, 1.82) is 0 Å². The van der Waals surface area contributed by atoms with Crippen molar-refractivity contribution < 1.29 is 4.74 Å². The third-order valence-corrected chi connectivity index (χ3v) is 5.17. The Morgan fingerprint density at radius 3 is 2.78 bits per heavy atom.